The zero-order chi connectivity index (χ0) is 11.8. The summed E-state index contributed by atoms with van der Waals surface area (Å²) in [5.41, 5.74) is 2.77. The fourth-order valence-electron chi connectivity index (χ4n) is 2.08. The molecular weight excluding hydrogens is 344 g/mol. The van der Waals surface area contributed by atoms with E-state index < -0.39 is 0 Å². The van der Waals surface area contributed by atoms with E-state index in [1.165, 1.54) is 11.1 Å². The normalized spacial score (nSPS) is 13.9. The maximum absolute atomic E-state index is 4.43. The molecule has 1 aliphatic heterocycles. The number of hydrogen-bond acceptors (Lipinski definition) is 2. The van der Waals surface area contributed by atoms with Crippen molar-refractivity contribution in [2.75, 3.05) is 4.90 Å². The summed E-state index contributed by atoms with van der Waals surface area (Å²) in [4.78, 5) is 6.71. The van der Waals surface area contributed by atoms with Crippen LogP contribution in [0.4, 0.5) is 5.82 Å². The van der Waals surface area contributed by atoms with Crippen LogP contribution in [0.2, 0.25) is 0 Å². The highest BCUT2D eigenvalue weighted by Crippen LogP contribution is 2.29. The lowest BCUT2D eigenvalue weighted by molar-refractivity contribution is 0.856. The van der Waals surface area contributed by atoms with Crippen molar-refractivity contribution in [2.24, 2.45) is 0 Å². The Kier molecular flexibility index (Phi) is 2.92. The first kappa shape index (κ1) is 11.2. The van der Waals surface area contributed by atoms with Crippen LogP contribution in [0.1, 0.15) is 11.1 Å². The van der Waals surface area contributed by atoms with Crippen LogP contribution in [-0.2, 0) is 13.1 Å². The first-order valence-electron chi connectivity index (χ1n) is 5.36. The van der Waals surface area contributed by atoms with Crippen LogP contribution in [0.15, 0.2) is 45.5 Å². The van der Waals surface area contributed by atoms with Gasteiger partial charge in [-0.3, -0.25) is 0 Å². The van der Waals surface area contributed by atoms with Gasteiger partial charge < -0.3 is 4.90 Å². The molecule has 1 aromatic heterocycles. The summed E-state index contributed by atoms with van der Waals surface area (Å²) in [6, 6.07) is 10.5. The van der Waals surface area contributed by atoms with Crippen molar-refractivity contribution in [3.05, 3.63) is 56.6 Å². The SMILES string of the molecule is Brc1ccc(N2Cc3ccc(Br)cc3C2)nc1. The van der Waals surface area contributed by atoms with Crippen LogP contribution >= 0.6 is 31.9 Å². The molecule has 4 heteroatoms. The van der Waals surface area contributed by atoms with Gasteiger partial charge in [0.1, 0.15) is 5.82 Å². The molecule has 1 aliphatic rings. The van der Waals surface area contributed by atoms with Crippen LogP contribution in [0.25, 0.3) is 0 Å². The number of nitrogens with zero attached hydrogens (tertiary/aromatic N) is 2. The molecule has 86 valence electrons. The molecule has 0 atom stereocenters. The monoisotopic (exact) mass is 352 g/mol. The Morgan fingerprint density at radius 2 is 1.71 bits per heavy atom. The van der Waals surface area contributed by atoms with Crippen LogP contribution < -0.4 is 4.90 Å². The number of halogens is 2. The molecule has 0 bridgehead atoms. The zero-order valence-electron chi connectivity index (χ0n) is 9.03. The second kappa shape index (κ2) is 4.42. The molecule has 2 nitrogen and oxygen atoms in total. The minimum Gasteiger partial charge on any atom is -0.348 e. The Labute approximate surface area is 117 Å². The van der Waals surface area contributed by atoms with E-state index in [-0.39, 0.29) is 0 Å². The zero-order valence-corrected chi connectivity index (χ0v) is 12.2. The summed E-state index contributed by atoms with van der Waals surface area (Å²) >= 11 is 6.91. The van der Waals surface area contributed by atoms with E-state index in [9.17, 15) is 0 Å². The second-order valence-corrected chi connectivity index (χ2v) is 5.94. The van der Waals surface area contributed by atoms with Gasteiger partial charge in [0.25, 0.3) is 0 Å². The molecule has 0 N–H and O–H groups in total. The minimum atomic E-state index is 0.934. The summed E-state index contributed by atoms with van der Waals surface area (Å²) in [5.74, 6) is 1.03. The molecule has 0 fully saturated rings. The van der Waals surface area contributed by atoms with Gasteiger partial charge >= 0.3 is 0 Å². The maximum atomic E-state index is 4.43. The lowest BCUT2D eigenvalue weighted by Gasteiger charge is -2.15. The Bertz CT molecular complexity index is 552. The number of anilines is 1. The van der Waals surface area contributed by atoms with Crippen LogP contribution in [-0.4, -0.2) is 4.98 Å². The lowest BCUT2D eigenvalue weighted by atomic mass is 10.1. The van der Waals surface area contributed by atoms with Crippen molar-refractivity contribution in [3.8, 4) is 0 Å². The molecule has 0 unspecified atom stereocenters. The molecule has 3 rings (SSSR count). The third kappa shape index (κ3) is 2.24. The van der Waals surface area contributed by atoms with Crippen LogP contribution in [0.5, 0.6) is 0 Å². The third-order valence-electron chi connectivity index (χ3n) is 2.93. The Hall–Kier alpha value is -0.870. The van der Waals surface area contributed by atoms with Gasteiger partial charge in [-0.2, -0.15) is 0 Å². The number of benzene rings is 1. The van der Waals surface area contributed by atoms with Crippen molar-refractivity contribution < 1.29 is 0 Å². The molecule has 1 aromatic carbocycles. The average molecular weight is 354 g/mol. The smallest absolute Gasteiger partial charge is 0.129 e. The molecular formula is C13H10Br2N2. The van der Waals surface area contributed by atoms with Gasteiger partial charge in [-0.25, -0.2) is 4.98 Å². The fraction of sp³-hybridized carbons (Fsp3) is 0.154. The van der Waals surface area contributed by atoms with E-state index in [4.69, 9.17) is 0 Å². The van der Waals surface area contributed by atoms with Crippen molar-refractivity contribution in [3.63, 3.8) is 0 Å². The molecule has 2 aromatic rings. The van der Waals surface area contributed by atoms with Crippen molar-refractivity contribution in [2.45, 2.75) is 13.1 Å². The van der Waals surface area contributed by atoms with Crippen molar-refractivity contribution in [1.82, 2.24) is 4.98 Å². The highest BCUT2D eigenvalue weighted by atomic mass is 79.9. The molecule has 0 saturated heterocycles. The summed E-state index contributed by atoms with van der Waals surface area (Å²) in [6.45, 7) is 1.88. The van der Waals surface area contributed by atoms with E-state index >= 15 is 0 Å². The molecule has 0 radical (unpaired) electrons. The van der Waals surface area contributed by atoms with Crippen LogP contribution in [0.3, 0.4) is 0 Å². The van der Waals surface area contributed by atoms with Crippen molar-refractivity contribution >= 4 is 37.7 Å². The van der Waals surface area contributed by atoms with Gasteiger partial charge in [0.05, 0.1) is 0 Å². The third-order valence-corrected chi connectivity index (χ3v) is 3.89. The van der Waals surface area contributed by atoms with Gasteiger partial charge in [0, 0.05) is 28.2 Å². The maximum Gasteiger partial charge on any atom is 0.129 e. The number of hydrogen-bond donors (Lipinski definition) is 0. The molecule has 0 saturated carbocycles. The predicted octanol–water partition coefficient (Wildman–Crippen LogP) is 4.13. The Morgan fingerprint density at radius 3 is 2.47 bits per heavy atom. The topological polar surface area (TPSA) is 16.1 Å². The highest BCUT2D eigenvalue weighted by molar-refractivity contribution is 9.10. The van der Waals surface area contributed by atoms with E-state index in [1.54, 1.807) is 0 Å². The second-order valence-electron chi connectivity index (χ2n) is 4.10. The number of fused-ring (bicyclic) bond motifs is 1. The van der Waals surface area contributed by atoms with Gasteiger partial charge in [-0.15, -0.1) is 0 Å². The standard InChI is InChI=1S/C13H10Br2N2/c14-11-2-1-9-7-17(8-10(9)5-11)13-4-3-12(15)6-16-13/h1-6H,7-8H2. The summed E-state index contributed by atoms with van der Waals surface area (Å²) in [5, 5.41) is 0. The quantitative estimate of drug-likeness (QED) is 0.766. The lowest BCUT2D eigenvalue weighted by Crippen LogP contribution is -2.15. The minimum absolute atomic E-state index is 0.934. The summed E-state index contributed by atoms with van der Waals surface area (Å²) < 4.78 is 2.16. The summed E-state index contributed by atoms with van der Waals surface area (Å²) in [6.07, 6.45) is 1.84. The molecule has 0 aliphatic carbocycles. The largest absolute Gasteiger partial charge is 0.348 e. The van der Waals surface area contributed by atoms with Gasteiger partial charge in [-0.05, 0) is 51.3 Å². The van der Waals surface area contributed by atoms with Gasteiger partial charge in [0.15, 0.2) is 0 Å². The average Bonchev–Trinajstić information content (AvgIpc) is 2.72. The first-order valence-corrected chi connectivity index (χ1v) is 6.95. The molecule has 0 spiro atoms. The number of aromatic nitrogens is 1. The fourth-order valence-corrected chi connectivity index (χ4v) is 2.72. The Balaban J connectivity index is 1.88. The van der Waals surface area contributed by atoms with E-state index in [0.29, 0.717) is 0 Å². The number of pyridine rings is 1. The van der Waals surface area contributed by atoms with Crippen LogP contribution in [0, 0.1) is 0 Å². The molecule has 0 amide bonds. The Morgan fingerprint density at radius 1 is 0.941 bits per heavy atom. The van der Waals surface area contributed by atoms with Gasteiger partial charge in [-0.1, -0.05) is 22.0 Å². The molecule has 2 heterocycles. The van der Waals surface area contributed by atoms with E-state index in [2.05, 4.69) is 59.9 Å². The predicted molar refractivity (Wildman–Crippen MR) is 76.0 cm³/mol. The highest BCUT2D eigenvalue weighted by Gasteiger charge is 2.19. The van der Waals surface area contributed by atoms with E-state index in [0.717, 1.165) is 27.9 Å². The first-order chi connectivity index (χ1) is 8.22. The van der Waals surface area contributed by atoms with E-state index in [1.807, 2.05) is 18.3 Å². The van der Waals surface area contributed by atoms with Crippen molar-refractivity contribution in [1.29, 1.82) is 0 Å². The van der Waals surface area contributed by atoms with Gasteiger partial charge in [0.2, 0.25) is 0 Å². The number of rotatable bonds is 1. The molecule has 17 heavy (non-hydrogen) atoms. The summed E-state index contributed by atoms with van der Waals surface area (Å²) in [7, 11) is 0.